The fraction of sp³-hybridized carbons (Fsp3) is 0.0588. The number of esters is 1. The number of hydrogen-bond acceptors (Lipinski definition) is 4. The average molecular weight is 371 g/mol. The zero-order valence-corrected chi connectivity index (χ0v) is 13.5. The number of ether oxygens (including phenoxy) is 1. The third-order valence-corrected chi connectivity index (χ3v) is 3.65. The van der Waals surface area contributed by atoms with Crippen LogP contribution < -0.4 is 0 Å². The molecule has 3 rings (SSSR count). The monoisotopic (exact) mass is 370 g/mol. The maximum atomic E-state index is 11.8. The Morgan fingerprint density at radius 1 is 1.39 bits per heavy atom. The van der Waals surface area contributed by atoms with Gasteiger partial charge in [0.05, 0.1) is 11.1 Å². The second-order valence-electron chi connectivity index (χ2n) is 4.72. The van der Waals surface area contributed by atoms with Gasteiger partial charge in [-0.15, -0.1) is 0 Å². The van der Waals surface area contributed by atoms with E-state index in [9.17, 15) is 10.1 Å². The van der Waals surface area contributed by atoms with Gasteiger partial charge in [0, 0.05) is 24.0 Å². The van der Waals surface area contributed by atoms with Crippen LogP contribution in [-0.2, 0) is 16.1 Å². The van der Waals surface area contributed by atoms with Crippen molar-refractivity contribution in [3.8, 4) is 6.07 Å². The summed E-state index contributed by atoms with van der Waals surface area (Å²) in [6, 6.07) is 11.2. The lowest BCUT2D eigenvalue weighted by molar-refractivity contribution is -0.138. The minimum Gasteiger partial charge on any atom is -0.458 e. The Kier molecular flexibility index (Phi) is 4.31. The quantitative estimate of drug-likeness (QED) is 0.515. The standard InChI is InChI=1S/C17H11BrN2O3/c18-16-6-4-13(23-16)5-7-17(21)22-11-12-10-20-8-2-1-3-15(20)14(12)9-19/h1-8,10H,11H2. The summed E-state index contributed by atoms with van der Waals surface area (Å²) in [5, 5.41) is 9.29. The smallest absolute Gasteiger partial charge is 0.331 e. The number of aromatic nitrogens is 1. The van der Waals surface area contributed by atoms with Crippen LogP contribution in [0.15, 0.2) is 57.9 Å². The van der Waals surface area contributed by atoms with Gasteiger partial charge in [-0.05, 0) is 46.3 Å². The first kappa shape index (κ1) is 15.1. The highest BCUT2D eigenvalue weighted by molar-refractivity contribution is 9.10. The predicted octanol–water partition coefficient (Wildman–Crippen LogP) is 3.92. The summed E-state index contributed by atoms with van der Waals surface area (Å²) < 4.78 is 12.9. The molecule has 0 aliphatic carbocycles. The molecule has 0 N–H and O–H groups in total. The molecule has 0 aliphatic heterocycles. The largest absolute Gasteiger partial charge is 0.458 e. The van der Waals surface area contributed by atoms with Crippen LogP contribution in [0.3, 0.4) is 0 Å². The van der Waals surface area contributed by atoms with Gasteiger partial charge < -0.3 is 13.6 Å². The third kappa shape index (κ3) is 3.35. The van der Waals surface area contributed by atoms with Crippen molar-refractivity contribution in [3.05, 3.63) is 70.4 Å². The van der Waals surface area contributed by atoms with Crippen LogP contribution in [-0.4, -0.2) is 10.4 Å². The minimum absolute atomic E-state index is 0.0373. The van der Waals surface area contributed by atoms with Crippen LogP contribution >= 0.6 is 15.9 Å². The van der Waals surface area contributed by atoms with Gasteiger partial charge in [0.1, 0.15) is 18.4 Å². The molecular formula is C17H11BrN2O3. The van der Waals surface area contributed by atoms with Crippen molar-refractivity contribution in [2.75, 3.05) is 0 Å². The SMILES string of the molecule is N#Cc1c(COC(=O)C=Cc2ccc(Br)o2)cn2ccccc12. The molecule has 0 saturated heterocycles. The summed E-state index contributed by atoms with van der Waals surface area (Å²) in [4.78, 5) is 11.8. The maximum absolute atomic E-state index is 11.8. The molecule has 6 heteroatoms. The summed E-state index contributed by atoms with van der Waals surface area (Å²) in [6.07, 6.45) is 6.44. The Bertz CT molecular complexity index is 931. The molecule has 3 heterocycles. The molecule has 5 nitrogen and oxygen atoms in total. The normalized spacial score (nSPS) is 11.0. The summed E-state index contributed by atoms with van der Waals surface area (Å²) in [7, 11) is 0. The molecule has 23 heavy (non-hydrogen) atoms. The van der Waals surface area contributed by atoms with E-state index in [0.717, 1.165) is 5.52 Å². The molecule has 0 aliphatic rings. The first-order valence-electron chi connectivity index (χ1n) is 6.76. The van der Waals surface area contributed by atoms with E-state index in [1.807, 2.05) is 28.8 Å². The van der Waals surface area contributed by atoms with Crippen LogP contribution in [0.2, 0.25) is 0 Å². The highest BCUT2D eigenvalue weighted by atomic mass is 79.9. The van der Waals surface area contributed by atoms with Crippen LogP contribution in [0.4, 0.5) is 0 Å². The van der Waals surface area contributed by atoms with Gasteiger partial charge in [-0.25, -0.2) is 4.79 Å². The topological polar surface area (TPSA) is 67.6 Å². The van der Waals surface area contributed by atoms with Crippen molar-refractivity contribution < 1.29 is 13.9 Å². The molecule has 0 atom stereocenters. The number of fused-ring (bicyclic) bond motifs is 1. The van der Waals surface area contributed by atoms with E-state index in [-0.39, 0.29) is 6.61 Å². The Morgan fingerprint density at radius 2 is 2.26 bits per heavy atom. The van der Waals surface area contributed by atoms with Crippen molar-refractivity contribution in [2.45, 2.75) is 6.61 Å². The van der Waals surface area contributed by atoms with Gasteiger partial charge >= 0.3 is 5.97 Å². The molecule has 0 radical (unpaired) electrons. The Morgan fingerprint density at radius 3 is 3.00 bits per heavy atom. The van der Waals surface area contributed by atoms with E-state index < -0.39 is 5.97 Å². The number of hydrogen-bond donors (Lipinski definition) is 0. The van der Waals surface area contributed by atoms with Crippen LogP contribution in [0.1, 0.15) is 16.9 Å². The van der Waals surface area contributed by atoms with Gasteiger partial charge in [-0.1, -0.05) is 6.07 Å². The van der Waals surface area contributed by atoms with Gasteiger partial charge in [-0.3, -0.25) is 0 Å². The molecular weight excluding hydrogens is 360 g/mol. The zero-order valence-electron chi connectivity index (χ0n) is 11.9. The van der Waals surface area contributed by atoms with E-state index in [1.54, 1.807) is 18.3 Å². The molecule has 0 unspecified atom stereocenters. The third-order valence-electron chi connectivity index (χ3n) is 3.22. The highest BCUT2D eigenvalue weighted by Crippen LogP contribution is 2.19. The molecule has 3 aromatic rings. The predicted molar refractivity (Wildman–Crippen MR) is 87.4 cm³/mol. The number of nitriles is 1. The molecule has 0 spiro atoms. The zero-order chi connectivity index (χ0) is 16.2. The molecule has 0 amide bonds. The van der Waals surface area contributed by atoms with Crippen molar-refractivity contribution in [3.63, 3.8) is 0 Å². The van der Waals surface area contributed by atoms with Gasteiger partial charge in [0.2, 0.25) is 0 Å². The molecule has 0 aromatic carbocycles. The number of halogens is 1. The van der Waals surface area contributed by atoms with Crippen LogP contribution in [0.25, 0.3) is 11.6 Å². The molecule has 3 aromatic heterocycles. The van der Waals surface area contributed by atoms with E-state index in [1.165, 1.54) is 12.2 Å². The Hall–Kier alpha value is -2.78. The van der Waals surface area contributed by atoms with Crippen molar-refractivity contribution in [1.82, 2.24) is 4.40 Å². The van der Waals surface area contributed by atoms with Crippen molar-refractivity contribution >= 4 is 33.5 Å². The summed E-state index contributed by atoms with van der Waals surface area (Å²) in [6.45, 7) is 0.0373. The van der Waals surface area contributed by atoms with E-state index >= 15 is 0 Å². The van der Waals surface area contributed by atoms with Crippen molar-refractivity contribution in [2.24, 2.45) is 0 Å². The van der Waals surface area contributed by atoms with Crippen LogP contribution in [0.5, 0.6) is 0 Å². The van der Waals surface area contributed by atoms with Gasteiger partial charge in [0.25, 0.3) is 0 Å². The number of nitrogens with zero attached hydrogens (tertiary/aromatic N) is 2. The molecule has 0 bridgehead atoms. The lowest BCUT2D eigenvalue weighted by Crippen LogP contribution is -2.01. The first-order chi connectivity index (χ1) is 11.2. The lowest BCUT2D eigenvalue weighted by atomic mass is 10.2. The second kappa shape index (κ2) is 6.55. The number of rotatable bonds is 4. The fourth-order valence-corrected chi connectivity index (χ4v) is 2.50. The van der Waals surface area contributed by atoms with E-state index in [4.69, 9.17) is 9.15 Å². The minimum atomic E-state index is -0.503. The number of carbonyl (C=O) groups excluding carboxylic acids is 1. The van der Waals surface area contributed by atoms with E-state index in [2.05, 4.69) is 22.0 Å². The fourth-order valence-electron chi connectivity index (χ4n) is 2.18. The summed E-state index contributed by atoms with van der Waals surface area (Å²) in [5.74, 6) is 0.0396. The number of furan rings is 1. The number of pyridine rings is 1. The van der Waals surface area contributed by atoms with Crippen LogP contribution in [0, 0.1) is 11.3 Å². The summed E-state index contributed by atoms with van der Waals surface area (Å²) in [5.41, 5.74) is 1.97. The first-order valence-corrected chi connectivity index (χ1v) is 7.55. The van der Waals surface area contributed by atoms with Gasteiger partial charge in [-0.2, -0.15) is 5.26 Å². The van der Waals surface area contributed by atoms with E-state index in [0.29, 0.717) is 21.6 Å². The Balaban J connectivity index is 1.70. The Labute approximate surface area is 140 Å². The lowest BCUT2D eigenvalue weighted by Gasteiger charge is -1.99. The average Bonchev–Trinajstić information content (AvgIpc) is 3.13. The highest BCUT2D eigenvalue weighted by Gasteiger charge is 2.11. The number of carbonyl (C=O) groups is 1. The molecule has 114 valence electrons. The van der Waals surface area contributed by atoms with Crippen molar-refractivity contribution in [1.29, 1.82) is 5.26 Å². The molecule has 0 saturated carbocycles. The maximum Gasteiger partial charge on any atom is 0.331 e. The van der Waals surface area contributed by atoms with Gasteiger partial charge in [0.15, 0.2) is 4.67 Å². The molecule has 0 fully saturated rings. The second-order valence-corrected chi connectivity index (χ2v) is 5.50. The summed E-state index contributed by atoms with van der Waals surface area (Å²) >= 11 is 3.18.